The van der Waals surface area contributed by atoms with Gasteiger partial charge in [-0.25, -0.2) is 4.39 Å². The van der Waals surface area contributed by atoms with E-state index in [1.165, 1.54) is 12.1 Å². The van der Waals surface area contributed by atoms with Gasteiger partial charge in [0.15, 0.2) is 0 Å². The second-order valence-corrected chi connectivity index (χ2v) is 5.77. The molecule has 1 aromatic carbocycles. The van der Waals surface area contributed by atoms with Gasteiger partial charge in [0.25, 0.3) is 0 Å². The Morgan fingerprint density at radius 2 is 1.55 bits per heavy atom. The van der Waals surface area contributed by atoms with Crippen LogP contribution in [0, 0.1) is 5.82 Å². The van der Waals surface area contributed by atoms with Crippen LogP contribution in [0.25, 0.3) is 0 Å². The Hall–Kier alpha value is -1.91. The lowest BCUT2D eigenvalue weighted by atomic mass is 9.97. The number of nitrogens with zero attached hydrogens (tertiary/aromatic N) is 2. The molecule has 1 aliphatic rings. The van der Waals surface area contributed by atoms with Crippen molar-refractivity contribution in [3.63, 3.8) is 0 Å². The van der Waals surface area contributed by atoms with Crippen molar-refractivity contribution in [3.8, 4) is 0 Å². The standard InChI is InChI=1S/C17H23FN2O2/c1-3-16(21)19-8-10-20(11-9-19)17(22)12-13(2)14-4-6-15(18)7-5-14/h4-7,13H,3,8-12H2,1-2H3. The number of halogens is 1. The van der Waals surface area contributed by atoms with E-state index >= 15 is 0 Å². The molecule has 2 amide bonds. The van der Waals surface area contributed by atoms with Crippen molar-refractivity contribution >= 4 is 11.8 Å². The van der Waals surface area contributed by atoms with Crippen LogP contribution in [-0.2, 0) is 9.59 Å². The molecule has 0 radical (unpaired) electrons. The van der Waals surface area contributed by atoms with E-state index in [9.17, 15) is 14.0 Å². The fraction of sp³-hybridized carbons (Fsp3) is 0.529. The summed E-state index contributed by atoms with van der Waals surface area (Å²) in [5.74, 6) is 0.0367. The van der Waals surface area contributed by atoms with E-state index in [0.29, 0.717) is 39.0 Å². The van der Waals surface area contributed by atoms with E-state index < -0.39 is 0 Å². The smallest absolute Gasteiger partial charge is 0.223 e. The van der Waals surface area contributed by atoms with Crippen LogP contribution in [-0.4, -0.2) is 47.8 Å². The molecule has 0 N–H and O–H groups in total. The molecule has 0 spiro atoms. The van der Waals surface area contributed by atoms with E-state index in [1.807, 2.05) is 23.6 Å². The van der Waals surface area contributed by atoms with E-state index in [2.05, 4.69) is 0 Å². The molecule has 1 heterocycles. The fourth-order valence-electron chi connectivity index (χ4n) is 2.73. The molecule has 1 aromatic rings. The van der Waals surface area contributed by atoms with Gasteiger partial charge in [0.05, 0.1) is 0 Å². The molecule has 120 valence electrons. The summed E-state index contributed by atoms with van der Waals surface area (Å²) in [6.07, 6.45) is 0.920. The Bertz CT molecular complexity index is 522. The Morgan fingerprint density at radius 3 is 2.05 bits per heavy atom. The average molecular weight is 306 g/mol. The van der Waals surface area contributed by atoms with Crippen LogP contribution in [0.4, 0.5) is 4.39 Å². The maximum absolute atomic E-state index is 12.9. The number of hydrogen-bond donors (Lipinski definition) is 0. The summed E-state index contributed by atoms with van der Waals surface area (Å²) in [7, 11) is 0. The highest BCUT2D eigenvalue weighted by Crippen LogP contribution is 2.20. The number of amides is 2. The van der Waals surface area contributed by atoms with Crippen LogP contribution in [0.2, 0.25) is 0 Å². The highest BCUT2D eigenvalue weighted by Gasteiger charge is 2.24. The first-order valence-corrected chi connectivity index (χ1v) is 7.82. The normalized spacial score (nSPS) is 16.5. The van der Waals surface area contributed by atoms with Crippen LogP contribution < -0.4 is 0 Å². The maximum Gasteiger partial charge on any atom is 0.223 e. The number of piperazine rings is 1. The van der Waals surface area contributed by atoms with Gasteiger partial charge in [0.1, 0.15) is 5.82 Å². The summed E-state index contributed by atoms with van der Waals surface area (Å²) in [6, 6.07) is 6.30. The minimum absolute atomic E-state index is 0.0587. The zero-order chi connectivity index (χ0) is 16.1. The van der Waals surface area contributed by atoms with E-state index in [0.717, 1.165) is 5.56 Å². The Kier molecular flexibility index (Phi) is 5.52. The Balaban J connectivity index is 1.85. The predicted molar refractivity (Wildman–Crippen MR) is 82.9 cm³/mol. The summed E-state index contributed by atoms with van der Waals surface area (Å²) in [5, 5.41) is 0. The Labute approximate surface area is 130 Å². The molecule has 1 fully saturated rings. The monoisotopic (exact) mass is 306 g/mol. The highest BCUT2D eigenvalue weighted by molar-refractivity contribution is 5.78. The van der Waals surface area contributed by atoms with Gasteiger partial charge >= 0.3 is 0 Å². The van der Waals surface area contributed by atoms with E-state index in [4.69, 9.17) is 0 Å². The zero-order valence-corrected chi connectivity index (χ0v) is 13.2. The van der Waals surface area contributed by atoms with Crippen LogP contribution in [0.1, 0.15) is 38.2 Å². The molecule has 0 bridgehead atoms. The van der Waals surface area contributed by atoms with E-state index in [1.54, 1.807) is 12.1 Å². The Morgan fingerprint density at radius 1 is 1.05 bits per heavy atom. The second-order valence-electron chi connectivity index (χ2n) is 5.77. The first kappa shape index (κ1) is 16.5. The lowest BCUT2D eigenvalue weighted by Crippen LogP contribution is -2.50. The summed E-state index contributed by atoms with van der Waals surface area (Å²) >= 11 is 0. The van der Waals surface area contributed by atoms with Crippen molar-refractivity contribution in [1.82, 2.24) is 9.80 Å². The number of carbonyl (C=O) groups is 2. The van der Waals surface area contributed by atoms with Crippen LogP contribution in [0.5, 0.6) is 0 Å². The number of rotatable bonds is 4. The summed E-state index contributed by atoms with van der Waals surface area (Å²) < 4.78 is 12.9. The molecular weight excluding hydrogens is 283 g/mol. The lowest BCUT2D eigenvalue weighted by molar-refractivity contribution is -0.139. The van der Waals surface area contributed by atoms with E-state index in [-0.39, 0.29) is 23.5 Å². The largest absolute Gasteiger partial charge is 0.339 e. The van der Waals surface area contributed by atoms with Gasteiger partial charge in [0.2, 0.25) is 11.8 Å². The first-order valence-electron chi connectivity index (χ1n) is 7.82. The van der Waals surface area contributed by atoms with Gasteiger partial charge in [-0.05, 0) is 23.6 Å². The van der Waals surface area contributed by atoms with Gasteiger partial charge in [0, 0.05) is 39.0 Å². The minimum atomic E-state index is -0.265. The molecular formula is C17H23FN2O2. The van der Waals surface area contributed by atoms with Crippen LogP contribution in [0.15, 0.2) is 24.3 Å². The second kappa shape index (κ2) is 7.38. The molecule has 2 rings (SSSR count). The van der Waals surface area contributed by atoms with Crippen molar-refractivity contribution in [2.75, 3.05) is 26.2 Å². The van der Waals surface area contributed by atoms with Crippen molar-refractivity contribution in [2.45, 2.75) is 32.6 Å². The topological polar surface area (TPSA) is 40.6 Å². The number of hydrogen-bond acceptors (Lipinski definition) is 2. The highest BCUT2D eigenvalue weighted by atomic mass is 19.1. The van der Waals surface area contributed by atoms with Crippen molar-refractivity contribution in [3.05, 3.63) is 35.6 Å². The maximum atomic E-state index is 12.9. The lowest BCUT2D eigenvalue weighted by Gasteiger charge is -2.35. The molecule has 4 nitrogen and oxygen atoms in total. The van der Waals surface area contributed by atoms with Gasteiger partial charge in [-0.15, -0.1) is 0 Å². The molecule has 0 aliphatic carbocycles. The molecule has 22 heavy (non-hydrogen) atoms. The van der Waals surface area contributed by atoms with Gasteiger partial charge in [-0.3, -0.25) is 9.59 Å². The SMILES string of the molecule is CCC(=O)N1CCN(C(=O)CC(C)c2ccc(F)cc2)CC1. The fourth-order valence-corrected chi connectivity index (χ4v) is 2.73. The molecule has 1 atom stereocenters. The van der Waals surface area contributed by atoms with Crippen LogP contribution in [0.3, 0.4) is 0 Å². The average Bonchev–Trinajstić information content (AvgIpc) is 2.54. The summed E-state index contributed by atoms with van der Waals surface area (Å²) in [6.45, 7) is 6.25. The predicted octanol–water partition coefficient (Wildman–Crippen LogP) is 2.40. The first-order chi connectivity index (χ1) is 10.5. The van der Waals surface area contributed by atoms with Crippen molar-refractivity contribution in [2.24, 2.45) is 0 Å². The van der Waals surface area contributed by atoms with Gasteiger partial charge in [-0.1, -0.05) is 26.0 Å². The summed E-state index contributed by atoms with van der Waals surface area (Å²) in [5.41, 5.74) is 0.967. The van der Waals surface area contributed by atoms with Crippen molar-refractivity contribution in [1.29, 1.82) is 0 Å². The third-order valence-electron chi connectivity index (χ3n) is 4.21. The third-order valence-corrected chi connectivity index (χ3v) is 4.21. The number of carbonyl (C=O) groups excluding carboxylic acids is 2. The molecule has 1 saturated heterocycles. The summed E-state index contributed by atoms with van der Waals surface area (Å²) in [4.78, 5) is 27.6. The molecule has 5 heteroatoms. The zero-order valence-electron chi connectivity index (χ0n) is 13.2. The van der Waals surface area contributed by atoms with Gasteiger partial charge < -0.3 is 9.80 Å². The van der Waals surface area contributed by atoms with Gasteiger partial charge in [-0.2, -0.15) is 0 Å². The number of benzene rings is 1. The molecule has 1 unspecified atom stereocenters. The quantitative estimate of drug-likeness (QED) is 0.857. The molecule has 0 saturated carbocycles. The third kappa shape index (κ3) is 4.06. The van der Waals surface area contributed by atoms with Crippen LogP contribution >= 0.6 is 0 Å². The molecule has 0 aromatic heterocycles. The van der Waals surface area contributed by atoms with Crippen molar-refractivity contribution < 1.29 is 14.0 Å². The minimum Gasteiger partial charge on any atom is -0.339 e. The molecule has 1 aliphatic heterocycles.